The standard InChI is InChI=1S/C16H13FN4O4S2/c17-13-7-2-1-6-12(13)15-20-21-16(25-15)26-9-14(22)19-10-4-3-5-11(8-10)27(18,23)24/h1-8H,9H2,(H,19,22)(H2,18,23,24). The van der Waals surface area contributed by atoms with Gasteiger partial charge in [-0.05, 0) is 30.3 Å². The maximum absolute atomic E-state index is 13.7. The minimum absolute atomic E-state index is 0.0110. The fourth-order valence-corrected chi connectivity index (χ4v) is 3.21. The number of amides is 1. The number of nitrogens with two attached hydrogens (primary N) is 1. The summed E-state index contributed by atoms with van der Waals surface area (Å²) in [5, 5.41) is 15.2. The Hall–Kier alpha value is -2.76. The largest absolute Gasteiger partial charge is 0.411 e. The van der Waals surface area contributed by atoms with Crippen LogP contribution in [0.15, 0.2) is 63.1 Å². The monoisotopic (exact) mass is 408 g/mol. The molecule has 0 radical (unpaired) electrons. The normalized spacial score (nSPS) is 11.3. The third-order valence-corrected chi connectivity index (χ3v) is 5.01. The van der Waals surface area contributed by atoms with Crippen LogP contribution in [-0.4, -0.2) is 30.3 Å². The molecule has 3 rings (SSSR count). The quantitative estimate of drug-likeness (QED) is 0.599. The Kier molecular flexibility index (Phi) is 5.54. The summed E-state index contributed by atoms with van der Waals surface area (Å²) in [5.41, 5.74) is 0.450. The molecular formula is C16H13FN4O4S2. The van der Waals surface area contributed by atoms with Crippen LogP contribution in [0.25, 0.3) is 11.5 Å². The molecule has 0 spiro atoms. The Balaban J connectivity index is 1.61. The number of nitrogens with one attached hydrogen (secondary N) is 1. The summed E-state index contributed by atoms with van der Waals surface area (Å²) in [4.78, 5) is 11.9. The first-order valence-corrected chi connectivity index (χ1v) is 10.00. The van der Waals surface area contributed by atoms with Crippen LogP contribution in [0.5, 0.6) is 0 Å². The molecule has 8 nitrogen and oxygen atoms in total. The van der Waals surface area contributed by atoms with Gasteiger partial charge in [0.25, 0.3) is 11.1 Å². The molecule has 0 saturated heterocycles. The first-order chi connectivity index (χ1) is 12.8. The van der Waals surface area contributed by atoms with Gasteiger partial charge in [-0.1, -0.05) is 30.0 Å². The molecule has 140 valence electrons. The average Bonchev–Trinajstić information content (AvgIpc) is 3.09. The Morgan fingerprint density at radius 1 is 1.19 bits per heavy atom. The van der Waals surface area contributed by atoms with Crippen molar-refractivity contribution in [3.63, 3.8) is 0 Å². The molecule has 0 aliphatic carbocycles. The van der Waals surface area contributed by atoms with Gasteiger partial charge < -0.3 is 9.73 Å². The first kappa shape index (κ1) is 19.0. The van der Waals surface area contributed by atoms with Crippen LogP contribution in [0, 0.1) is 5.82 Å². The molecule has 1 aromatic heterocycles. The Morgan fingerprint density at radius 3 is 2.70 bits per heavy atom. The van der Waals surface area contributed by atoms with E-state index in [0.29, 0.717) is 0 Å². The topological polar surface area (TPSA) is 128 Å². The van der Waals surface area contributed by atoms with Crippen molar-refractivity contribution < 1.29 is 22.0 Å². The lowest BCUT2D eigenvalue weighted by molar-refractivity contribution is -0.113. The van der Waals surface area contributed by atoms with Gasteiger partial charge in [-0.15, -0.1) is 10.2 Å². The van der Waals surface area contributed by atoms with Crippen molar-refractivity contribution in [2.45, 2.75) is 10.1 Å². The van der Waals surface area contributed by atoms with E-state index in [1.807, 2.05) is 0 Å². The van der Waals surface area contributed by atoms with E-state index in [4.69, 9.17) is 9.56 Å². The minimum atomic E-state index is -3.86. The second kappa shape index (κ2) is 7.86. The van der Waals surface area contributed by atoms with Crippen LogP contribution < -0.4 is 10.5 Å². The van der Waals surface area contributed by atoms with Gasteiger partial charge in [0.15, 0.2) is 0 Å². The number of hydrogen-bond donors (Lipinski definition) is 2. The number of carbonyl (C=O) groups is 1. The second-order valence-electron chi connectivity index (χ2n) is 5.26. The SMILES string of the molecule is NS(=O)(=O)c1cccc(NC(=O)CSc2nnc(-c3ccccc3F)o2)c1. The molecular weight excluding hydrogens is 395 g/mol. The molecule has 2 aromatic carbocycles. The number of aromatic nitrogens is 2. The number of thioether (sulfide) groups is 1. The highest BCUT2D eigenvalue weighted by Gasteiger charge is 2.14. The summed E-state index contributed by atoms with van der Waals surface area (Å²) in [6, 6.07) is 11.5. The molecule has 3 N–H and O–H groups in total. The number of hydrogen-bond acceptors (Lipinski definition) is 7. The number of benzene rings is 2. The van der Waals surface area contributed by atoms with Gasteiger partial charge in [-0.2, -0.15) is 0 Å². The molecule has 0 unspecified atom stereocenters. The molecule has 0 aliphatic rings. The molecule has 27 heavy (non-hydrogen) atoms. The van der Waals surface area contributed by atoms with Crippen LogP contribution in [0.3, 0.4) is 0 Å². The van der Waals surface area contributed by atoms with E-state index in [-0.39, 0.29) is 33.0 Å². The van der Waals surface area contributed by atoms with Gasteiger partial charge in [-0.3, -0.25) is 4.79 Å². The van der Waals surface area contributed by atoms with E-state index in [1.54, 1.807) is 12.1 Å². The number of nitrogens with zero attached hydrogens (tertiary/aromatic N) is 2. The van der Waals surface area contributed by atoms with Crippen molar-refractivity contribution >= 4 is 33.4 Å². The Morgan fingerprint density at radius 2 is 1.96 bits per heavy atom. The lowest BCUT2D eigenvalue weighted by atomic mass is 10.2. The van der Waals surface area contributed by atoms with Crippen molar-refractivity contribution in [1.82, 2.24) is 10.2 Å². The lowest BCUT2D eigenvalue weighted by Crippen LogP contribution is -2.16. The zero-order chi connectivity index (χ0) is 19.4. The Labute approximate surface area is 158 Å². The molecule has 3 aromatic rings. The van der Waals surface area contributed by atoms with Crippen molar-refractivity contribution in [3.05, 3.63) is 54.3 Å². The van der Waals surface area contributed by atoms with Crippen molar-refractivity contribution in [2.75, 3.05) is 11.1 Å². The van der Waals surface area contributed by atoms with Crippen LogP contribution in [-0.2, 0) is 14.8 Å². The summed E-state index contributed by atoms with van der Waals surface area (Å²) in [7, 11) is -3.86. The van der Waals surface area contributed by atoms with E-state index in [1.165, 1.54) is 36.4 Å². The predicted molar refractivity (Wildman–Crippen MR) is 96.9 cm³/mol. The van der Waals surface area contributed by atoms with Crippen molar-refractivity contribution in [3.8, 4) is 11.5 Å². The van der Waals surface area contributed by atoms with Crippen LogP contribution in [0.2, 0.25) is 0 Å². The summed E-state index contributed by atoms with van der Waals surface area (Å²) >= 11 is 0.961. The Bertz CT molecular complexity index is 1090. The fourth-order valence-electron chi connectivity index (χ4n) is 2.09. The average molecular weight is 408 g/mol. The summed E-state index contributed by atoms with van der Waals surface area (Å²) in [6.07, 6.45) is 0. The van der Waals surface area contributed by atoms with E-state index in [2.05, 4.69) is 15.5 Å². The molecule has 0 bridgehead atoms. The van der Waals surface area contributed by atoms with Crippen molar-refractivity contribution in [1.29, 1.82) is 0 Å². The maximum atomic E-state index is 13.7. The van der Waals surface area contributed by atoms with Gasteiger partial charge in [-0.25, -0.2) is 17.9 Å². The first-order valence-electron chi connectivity index (χ1n) is 7.47. The highest BCUT2D eigenvalue weighted by atomic mass is 32.2. The van der Waals surface area contributed by atoms with E-state index < -0.39 is 21.7 Å². The second-order valence-corrected chi connectivity index (χ2v) is 7.75. The van der Waals surface area contributed by atoms with Gasteiger partial charge >= 0.3 is 0 Å². The maximum Gasteiger partial charge on any atom is 0.277 e. The fraction of sp³-hybridized carbons (Fsp3) is 0.0625. The number of carbonyl (C=O) groups excluding carboxylic acids is 1. The highest BCUT2D eigenvalue weighted by molar-refractivity contribution is 7.99. The number of anilines is 1. The van der Waals surface area contributed by atoms with Gasteiger partial charge in [0.05, 0.1) is 16.2 Å². The number of halogens is 1. The molecule has 0 atom stereocenters. The van der Waals surface area contributed by atoms with Gasteiger partial charge in [0, 0.05) is 5.69 Å². The minimum Gasteiger partial charge on any atom is -0.411 e. The summed E-state index contributed by atoms with van der Waals surface area (Å²) < 4.78 is 41.7. The third-order valence-electron chi connectivity index (χ3n) is 3.28. The molecule has 1 heterocycles. The number of primary sulfonamides is 1. The number of sulfonamides is 1. The lowest BCUT2D eigenvalue weighted by Gasteiger charge is -2.05. The van der Waals surface area contributed by atoms with Crippen LogP contribution in [0.1, 0.15) is 0 Å². The van der Waals surface area contributed by atoms with E-state index >= 15 is 0 Å². The molecule has 0 fully saturated rings. The third kappa shape index (κ3) is 4.90. The van der Waals surface area contributed by atoms with E-state index in [0.717, 1.165) is 11.8 Å². The smallest absolute Gasteiger partial charge is 0.277 e. The highest BCUT2D eigenvalue weighted by Crippen LogP contribution is 2.25. The van der Waals surface area contributed by atoms with Crippen LogP contribution >= 0.6 is 11.8 Å². The van der Waals surface area contributed by atoms with E-state index in [9.17, 15) is 17.6 Å². The molecule has 0 aliphatic heterocycles. The summed E-state index contributed by atoms with van der Waals surface area (Å²) in [6.45, 7) is 0. The van der Waals surface area contributed by atoms with Gasteiger partial charge in [0.1, 0.15) is 5.82 Å². The predicted octanol–water partition coefficient (Wildman–Crippen LogP) is 2.25. The number of rotatable bonds is 6. The van der Waals surface area contributed by atoms with Crippen molar-refractivity contribution in [2.24, 2.45) is 5.14 Å². The zero-order valence-electron chi connectivity index (χ0n) is 13.6. The molecule has 11 heteroatoms. The van der Waals surface area contributed by atoms with Crippen LogP contribution in [0.4, 0.5) is 10.1 Å². The zero-order valence-corrected chi connectivity index (χ0v) is 15.3. The van der Waals surface area contributed by atoms with Gasteiger partial charge in [0.2, 0.25) is 15.9 Å². The summed E-state index contributed by atoms with van der Waals surface area (Å²) in [5.74, 6) is -0.974. The molecule has 0 saturated carbocycles. The molecule has 1 amide bonds.